The SMILES string of the molecule is CC[C@H]1O[C@@H](OC2=NCC(C(C)C)=C2Cc2ccc(/C=C/CCO)cc2C)[C@H](C)[C@@H](C)[C@@H]1C. The molecule has 1 fully saturated rings. The molecule has 5 atom stereocenters. The molecule has 1 aromatic rings. The quantitative estimate of drug-likeness (QED) is 0.498. The molecule has 1 N–H and O–H groups in total. The van der Waals surface area contributed by atoms with E-state index in [2.05, 4.69) is 72.7 Å². The Hall–Kier alpha value is -1.91. The monoisotopic (exact) mass is 453 g/mol. The number of aryl methyl sites for hydroxylation is 1. The van der Waals surface area contributed by atoms with E-state index in [4.69, 9.17) is 19.6 Å². The van der Waals surface area contributed by atoms with Gasteiger partial charge in [-0.3, -0.25) is 0 Å². The van der Waals surface area contributed by atoms with E-state index in [-0.39, 0.29) is 19.0 Å². The molecule has 0 aliphatic carbocycles. The molecule has 182 valence electrons. The molecular formula is C29H43NO3. The Morgan fingerprint density at radius 2 is 1.94 bits per heavy atom. The summed E-state index contributed by atoms with van der Waals surface area (Å²) in [6, 6.07) is 6.58. The van der Waals surface area contributed by atoms with Crippen LogP contribution >= 0.6 is 0 Å². The summed E-state index contributed by atoms with van der Waals surface area (Å²) in [6.07, 6.45) is 6.58. The molecule has 1 saturated heterocycles. The third-order valence-corrected chi connectivity index (χ3v) is 7.69. The molecule has 2 aliphatic heterocycles. The van der Waals surface area contributed by atoms with Gasteiger partial charge >= 0.3 is 0 Å². The lowest BCUT2D eigenvalue weighted by Crippen LogP contribution is -2.46. The number of aliphatic hydroxyl groups is 1. The largest absolute Gasteiger partial charge is 0.448 e. The Kier molecular flexibility index (Phi) is 8.95. The molecule has 0 aromatic heterocycles. The standard InChI is InChI=1S/C29H43NO3/c1-8-27-21(6)20(5)22(7)29(32-27)33-28-25(26(17-30-28)18(2)3)16-24-13-12-23(15-19(24)4)11-9-10-14-31/h9,11-13,15,18,20-22,27,29,31H,8,10,14,16-17H2,1-7H3/b11-9+/t20-,21-,22+,27+,29-/m0/s1. The smallest absolute Gasteiger partial charge is 0.215 e. The first-order valence-electron chi connectivity index (χ1n) is 12.7. The summed E-state index contributed by atoms with van der Waals surface area (Å²) in [7, 11) is 0. The molecule has 33 heavy (non-hydrogen) atoms. The number of ether oxygens (including phenoxy) is 2. The molecule has 2 aliphatic rings. The van der Waals surface area contributed by atoms with Crippen molar-refractivity contribution in [2.24, 2.45) is 28.7 Å². The third kappa shape index (κ3) is 5.96. The molecule has 3 rings (SSSR count). The number of benzene rings is 1. The topological polar surface area (TPSA) is 51.0 Å². The van der Waals surface area contributed by atoms with Crippen LogP contribution in [0, 0.1) is 30.6 Å². The minimum Gasteiger partial charge on any atom is -0.448 e. The Bertz CT molecular complexity index is 896. The van der Waals surface area contributed by atoms with Crippen LogP contribution in [0.3, 0.4) is 0 Å². The van der Waals surface area contributed by atoms with Crippen LogP contribution in [0.2, 0.25) is 0 Å². The zero-order chi connectivity index (χ0) is 24.1. The zero-order valence-electron chi connectivity index (χ0n) is 21.6. The van der Waals surface area contributed by atoms with Gasteiger partial charge in [-0.15, -0.1) is 0 Å². The van der Waals surface area contributed by atoms with Gasteiger partial charge in [0, 0.05) is 24.5 Å². The van der Waals surface area contributed by atoms with E-state index in [9.17, 15) is 0 Å². The van der Waals surface area contributed by atoms with Crippen molar-refractivity contribution in [3.63, 3.8) is 0 Å². The van der Waals surface area contributed by atoms with E-state index in [1.54, 1.807) is 0 Å². The van der Waals surface area contributed by atoms with Crippen molar-refractivity contribution in [3.05, 3.63) is 52.1 Å². The van der Waals surface area contributed by atoms with E-state index in [1.165, 1.54) is 22.3 Å². The second-order valence-corrected chi connectivity index (χ2v) is 10.2. The lowest BCUT2D eigenvalue weighted by molar-refractivity contribution is -0.217. The van der Waals surface area contributed by atoms with E-state index in [1.807, 2.05) is 6.08 Å². The fourth-order valence-electron chi connectivity index (χ4n) is 5.02. The van der Waals surface area contributed by atoms with Crippen molar-refractivity contribution < 1.29 is 14.6 Å². The molecule has 0 amide bonds. The van der Waals surface area contributed by atoms with E-state index in [0.29, 0.717) is 36.6 Å². The molecule has 0 radical (unpaired) electrons. The van der Waals surface area contributed by atoms with Gasteiger partial charge in [-0.1, -0.05) is 71.9 Å². The molecular weight excluding hydrogens is 410 g/mol. The molecule has 0 bridgehead atoms. The number of hydrogen-bond acceptors (Lipinski definition) is 4. The van der Waals surface area contributed by atoms with Gasteiger partial charge in [0.1, 0.15) is 0 Å². The Morgan fingerprint density at radius 3 is 2.58 bits per heavy atom. The van der Waals surface area contributed by atoms with Crippen LogP contribution in [-0.2, 0) is 15.9 Å². The van der Waals surface area contributed by atoms with Crippen molar-refractivity contribution in [2.75, 3.05) is 13.2 Å². The molecule has 0 saturated carbocycles. The van der Waals surface area contributed by atoms with Crippen LogP contribution in [0.25, 0.3) is 6.08 Å². The maximum Gasteiger partial charge on any atom is 0.215 e. The number of aliphatic imine (C=N–C) groups is 1. The zero-order valence-corrected chi connectivity index (χ0v) is 21.6. The summed E-state index contributed by atoms with van der Waals surface area (Å²) in [6.45, 7) is 16.6. The highest BCUT2D eigenvalue weighted by atomic mass is 16.7. The molecule has 0 unspecified atom stereocenters. The molecule has 0 spiro atoms. The third-order valence-electron chi connectivity index (χ3n) is 7.69. The van der Waals surface area contributed by atoms with Gasteiger partial charge in [-0.2, -0.15) is 0 Å². The average molecular weight is 454 g/mol. The second kappa shape index (κ2) is 11.5. The van der Waals surface area contributed by atoms with Crippen LogP contribution in [0.1, 0.15) is 71.1 Å². The van der Waals surface area contributed by atoms with Gasteiger partial charge in [0.15, 0.2) is 0 Å². The Labute approximate surface area is 200 Å². The number of hydrogen-bond donors (Lipinski definition) is 1. The molecule has 1 aromatic carbocycles. The first-order chi connectivity index (χ1) is 15.8. The van der Waals surface area contributed by atoms with E-state index < -0.39 is 0 Å². The number of rotatable bonds is 8. The fraction of sp³-hybridized carbons (Fsp3) is 0.621. The summed E-state index contributed by atoms with van der Waals surface area (Å²) in [5, 5.41) is 9.00. The maximum absolute atomic E-state index is 9.00. The van der Waals surface area contributed by atoms with E-state index in [0.717, 1.165) is 24.3 Å². The van der Waals surface area contributed by atoms with E-state index >= 15 is 0 Å². The van der Waals surface area contributed by atoms with Crippen LogP contribution < -0.4 is 0 Å². The fourth-order valence-corrected chi connectivity index (χ4v) is 5.02. The normalized spacial score (nSPS) is 28.2. The lowest BCUT2D eigenvalue weighted by atomic mass is 9.78. The average Bonchev–Trinajstić information content (AvgIpc) is 3.18. The van der Waals surface area contributed by atoms with Crippen LogP contribution in [0.5, 0.6) is 0 Å². The van der Waals surface area contributed by atoms with Crippen molar-refractivity contribution in [2.45, 2.75) is 80.1 Å². The second-order valence-electron chi connectivity index (χ2n) is 10.2. The van der Waals surface area contributed by atoms with Crippen LogP contribution in [0.4, 0.5) is 0 Å². The summed E-state index contributed by atoms with van der Waals surface area (Å²) >= 11 is 0. The maximum atomic E-state index is 9.00. The summed E-state index contributed by atoms with van der Waals surface area (Å²) in [5.74, 6) is 2.60. The highest BCUT2D eigenvalue weighted by molar-refractivity contribution is 5.97. The van der Waals surface area contributed by atoms with Crippen molar-refractivity contribution in [3.8, 4) is 0 Å². The first kappa shape index (κ1) is 25.7. The molecule has 2 heterocycles. The van der Waals surface area contributed by atoms with Gasteiger partial charge < -0.3 is 14.6 Å². The molecule has 4 heteroatoms. The summed E-state index contributed by atoms with van der Waals surface area (Å²) in [5.41, 5.74) is 6.32. The Morgan fingerprint density at radius 1 is 1.18 bits per heavy atom. The van der Waals surface area contributed by atoms with Crippen molar-refractivity contribution >= 4 is 12.0 Å². The van der Waals surface area contributed by atoms with Crippen LogP contribution in [-0.4, -0.2) is 36.5 Å². The molecule has 4 nitrogen and oxygen atoms in total. The highest BCUT2D eigenvalue weighted by Crippen LogP contribution is 2.38. The van der Waals surface area contributed by atoms with Crippen molar-refractivity contribution in [1.29, 1.82) is 0 Å². The van der Waals surface area contributed by atoms with Crippen molar-refractivity contribution in [1.82, 2.24) is 0 Å². The summed E-state index contributed by atoms with van der Waals surface area (Å²) < 4.78 is 13.0. The lowest BCUT2D eigenvalue weighted by Gasteiger charge is -2.43. The first-order valence-corrected chi connectivity index (χ1v) is 12.7. The predicted molar refractivity (Wildman–Crippen MR) is 137 cm³/mol. The Balaban J connectivity index is 1.81. The highest BCUT2D eigenvalue weighted by Gasteiger charge is 2.40. The van der Waals surface area contributed by atoms with Gasteiger partial charge in [0.05, 0.1) is 12.6 Å². The van der Waals surface area contributed by atoms with Gasteiger partial charge in [0.2, 0.25) is 12.2 Å². The number of nitrogens with zero attached hydrogens (tertiary/aromatic N) is 1. The predicted octanol–water partition coefficient (Wildman–Crippen LogP) is 6.36. The number of aliphatic hydroxyl groups excluding tert-OH is 1. The minimum absolute atomic E-state index is 0.182. The summed E-state index contributed by atoms with van der Waals surface area (Å²) in [4.78, 5) is 4.84. The van der Waals surface area contributed by atoms with Gasteiger partial charge in [-0.05, 0) is 59.8 Å². The van der Waals surface area contributed by atoms with Gasteiger partial charge in [-0.25, -0.2) is 4.99 Å². The van der Waals surface area contributed by atoms with Gasteiger partial charge in [0.25, 0.3) is 0 Å². The van der Waals surface area contributed by atoms with Crippen LogP contribution in [0.15, 0.2) is 40.4 Å². The minimum atomic E-state index is -0.249.